The fraction of sp³-hybridized carbons (Fsp3) is 0.273. The van der Waals surface area contributed by atoms with Gasteiger partial charge in [0, 0.05) is 46.5 Å². The molecule has 0 fully saturated rings. The van der Waals surface area contributed by atoms with E-state index in [1.54, 1.807) is 12.4 Å². The number of rotatable bonds is 8. The number of hydrogen-bond acceptors (Lipinski definition) is 4. The van der Waals surface area contributed by atoms with Crippen molar-refractivity contribution in [2.45, 2.75) is 59.8 Å². The van der Waals surface area contributed by atoms with Crippen LogP contribution in [0.2, 0.25) is 0 Å². The van der Waals surface area contributed by atoms with E-state index < -0.39 is 0 Å². The van der Waals surface area contributed by atoms with Crippen LogP contribution in [0.15, 0.2) is 83.0 Å². The zero-order chi connectivity index (χ0) is 26.4. The Kier molecular flexibility index (Phi) is 23.3. The van der Waals surface area contributed by atoms with Gasteiger partial charge in [0.05, 0.1) is 35.2 Å². The smallest absolute Gasteiger partial charge is 0.0812 e. The van der Waals surface area contributed by atoms with E-state index in [0.717, 1.165) is 29.2 Å². The summed E-state index contributed by atoms with van der Waals surface area (Å²) in [5.41, 5.74) is 11.3. The Labute approximate surface area is 303 Å². The first-order valence-electron chi connectivity index (χ1n) is 13.0. The first-order chi connectivity index (χ1) is 17.8. The maximum absolute atomic E-state index is 4.94. The molecule has 0 saturated carbocycles. The molecule has 0 aliphatic heterocycles. The Balaban J connectivity index is -0.00000267. The molecule has 4 aromatic rings. The number of nitrogens with zero attached hydrogens (tertiary/aromatic N) is 4. The molecule has 10 heteroatoms. The maximum atomic E-state index is 4.94. The summed E-state index contributed by atoms with van der Waals surface area (Å²) in [6.45, 7) is 13.2. The second-order valence-corrected chi connectivity index (χ2v) is 10.2. The second-order valence-electron chi connectivity index (χ2n) is 10.2. The first-order valence-corrected chi connectivity index (χ1v) is 13.0. The zero-order valence-corrected chi connectivity index (χ0v) is 30.1. The van der Waals surface area contributed by atoms with Gasteiger partial charge in [-0.25, -0.2) is 0 Å². The molecule has 2 aromatic heterocycles. The standard InChI is InChI=1S/C33H36N4.4ClH.2Cu/c1-22(2)30-18-27(19-31(23(3)4)33(30)37-21-29-12-8-10-14-35-29)17-26-15-24(5)32(25(6)16-26)36-20-28-11-7-9-13-34-28;;;;;;/h7-16,18-23H,17H2,1-6H3;4*1H;;. The zero-order valence-electron chi connectivity index (χ0n) is 25.0. The summed E-state index contributed by atoms with van der Waals surface area (Å²) >= 11 is 0. The van der Waals surface area contributed by atoms with Gasteiger partial charge in [0.2, 0.25) is 0 Å². The molecule has 0 atom stereocenters. The summed E-state index contributed by atoms with van der Waals surface area (Å²) in [4.78, 5) is 18.4. The van der Waals surface area contributed by atoms with Crippen LogP contribution in [0, 0.1) is 13.8 Å². The minimum absolute atomic E-state index is 0. The molecule has 0 unspecified atom stereocenters. The monoisotopic (exact) mass is 758 g/mol. The molecular weight excluding hydrogens is 721 g/mol. The van der Waals surface area contributed by atoms with Gasteiger partial charge < -0.3 is 0 Å². The van der Waals surface area contributed by atoms with Gasteiger partial charge in [-0.05, 0) is 89.8 Å². The predicted octanol–water partition coefficient (Wildman–Crippen LogP) is 10.1. The molecule has 0 N–H and O–H groups in total. The number of aliphatic imine (C=N–C) groups is 2. The van der Waals surface area contributed by atoms with Crippen LogP contribution in [-0.2, 0) is 40.6 Å². The van der Waals surface area contributed by atoms with E-state index in [-0.39, 0.29) is 83.8 Å². The average Bonchev–Trinajstić information content (AvgIpc) is 2.88. The molecule has 4 rings (SSSR count). The van der Waals surface area contributed by atoms with Gasteiger partial charge in [-0.1, -0.05) is 64.1 Å². The fourth-order valence-corrected chi connectivity index (χ4v) is 4.63. The Morgan fingerprint density at radius 2 is 1.00 bits per heavy atom. The van der Waals surface area contributed by atoms with Crippen molar-refractivity contribution in [1.82, 2.24) is 9.97 Å². The van der Waals surface area contributed by atoms with Gasteiger partial charge >= 0.3 is 0 Å². The maximum Gasteiger partial charge on any atom is 0.0812 e. The van der Waals surface area contributed by atoms with Crippen molar-refractivity contribution in [3.8, 4) is 0 Å². The minimum atomic E-state index is 0. The molecule has 0 bridgehead atoms. The van der Waals surface area contributed by atoms with Gasteiger partial charge in [-0.3, -0.25) is 20.0 Å². The number of pyridine rings is 2. The van der Waals surface area contributed by atoms with Crippen LogP contribution in [-0.4, -0.2) is 22.4 Å². The van der Waals surface area contributed by atoms with E-state index in [2.05, 4.69) is 75.8 Å². The molecule has 0 amide bonds. The summed E-state index contributed by atoms with van der Waals surface area (Å²) in [5, 5.41) is 0. The third kappa shape index (κ3) is 12.7. The van der Waals surface area contributed by atoms with Crippen LogP contribution >= 0.6 is 49.6 Å². The van der Waals surface area contributed by atoms with Crippen LogP contribution in [0.5, 0.6) is 0 Å². The molecular formula is C33H40Cl4Cu2N4. The minimum Gasteiger partial charge on any atom is -0.255 e. The Bertz CT molecular complexity index is 1380. The number of benzene rings is 2. The molecule has 2 aromatic carbocycles. The van der Waals surface area contributed by atoms with Gasteiger partial charge in [-0.15, -0.1) is 49.6 Å². The third-order valence-corrected chi connectivity index (χ3v) is 6.46. The predicted molar refractivity (Wildman–Crippen MR) is 185 cm³/mol. The van der Waals surface area contributed by atoms with Crippen molar-refractivity contribution >= 4 is 73.4 Å². The fourth-order valence-electron chi connectivity index (χ4n) is 4.63. The van der Waals surface area contributed by atoms with Gasteiger partial charge in [0.15, 0.2) is 0 Å². The number of aromatic nitrogens is 2. The van der Waals surface area contributed by atoms with Crippen LogP contribution in [0.3, 0.4) is 0 Å². The molecule has 2 heterocycles. The van der Waals surface area contributed by atoms with Gasteiger partial charge in [0.25, 0.3) is 0 Å². The Morgan fingerprint density at radius 1 is 0.605 bits per heavy atom. The van der Waals surface area contributed by atoms with Gasteiger partial charge in [-0.2, -0.15) is 0 Å². The number of aryl methyl sites for hydroxylation is 2. The van der Waals surface area contributed by atoms with Crippen molar-refractivity contribution in [2.24, 2.45) is 9.98 Å². The quantitative estimate of drug-likeness (QED) is 0.133. The molecule has 0 spiro atoms. The average molecular weight is 762 g/mol. The summed E-state index contributed by atoms with van der Waals surface area (Å²) in [6.07, 6.45) is 8.18. The van der Waals surface area contributed by atoms with Crippen molar-refractivity contribution < 1.29 is 34.1 Å². The van der Waals surface area contributed by atoms with Crippen LogP contribution in [0.1, 0.15) is 84.3 Å². The van der Waals surface area contributed by atoms with E-state index in [0.29, 0.717) is 11.8 Å². The van der Waals surface area contributed by atoms with Crippen molar-refractivity contribution in [1.29, 1.82) is 0 Å². The third-order valence-electron chi connectivity index (χ3n) is 6.46. The molecule has 43 heavy (non-hydrogen) atoms. The molecule has 2 radical (unpaired) electrons. The molecule has 0 aliphatic rings. The topological polar surface area (TPSA) is 50.5 Å². The summed E-state index contributed by atoms with van der Waals surface area (Å²) in [6, 6.07) is 20.9. The van der Waals surface area contributed by atoms with E-state index in [9.17, 15) is 0 Å². The van der Waals surface area contributed by atoms with Crippen LogP contribution < -0.4 is 0 Å². The number of hydrogen-bond donors (Lipinski definition) is 0. The van der Waals surface area contributed by atoms with Crippen LogP contribution in [0.25, 0.3) is 0 Å². The van der Waals surface area contributed by atoms with Gasteiger partial charge in [0.1, 0.15) is 0 Å². The Morgan fingerprint density at radius 3 is 1.37 bits per heavy atom. The van der Waals surface area contributed by atoms with E-state index in [4.69, 9.17) is 9.98 Å². The molecule has 4 nitrogen and oxygen atoms in total. The number of halogens is 4. The Hall–Kier alpha value is -1.72. The molecule has 0 saturated heterocycles. The summed E-state index contributed by atoms with van der Waals surface area (Å²) < 4.78 is 0. The van der Waals surface area contributed by atoms with E-state index >= 15 is 0 Å². The van der Waals surface area contributed by atoms with Crippen molar-refractivity contribution in [3.05, 3.63) is 118 Å². The summed E-state index contributed by atoms with van der Waals surface area (Å²) in [7, 11) is 0. The second kappa shape index (κ2) is 21.9. The SMILES string of the molecule is Cc1cc(Cc2cc(C(C)C)c(N=Cc3ccccn3)c(C(C)C)c2)cc(C)c1N=Cc1ccccn1.Cl.Cl.Cl.Cl.[Cu].[Cu]. The van der Waals surface area contributed by atoms with Crippen LogP contribution in [0.4, 0.5) is 11.4 Å². The van der Waals surface area contributed by atoms with E-state index in [1.165, 1.54) is 33.4 Å². The largest absolute Gasteiger partial charge is 0.255 e. The van der Waals surface area contributed by atoms with Crippen molar-refractivity contribution in [3.63, 3.8) is 0 Å². The first kappa shape index (κ1) is 45.7. The van der Waals surface area contributed by atoms with E-state index in [1.807, 2.05) is 48.8 Å². The summed E-state index contributed by atoms with van der Waals surface area (Å²) in [5.74, 6) is 0.722. The normalized spacial score (nSPS) is 10.2. The molecule has 242 valence electrons. The molecule has 0 aliphatic carbocycles. The van der Waals surface area contributed by atoms with Crippen molar-refractivity contribution in [2.75, 3.05) is 0 Å².